The molecule has 2 N–H and O–H groups in total. The molecule has 3 rings (SSSR count). The molecule has 1 aliphatic rings. The SMILES string of the molecule is CCNC(=NCc1cccc(OC)c1)NCC(c1ccc(F)cc1)N1CCOCC1. The van der Waals surface area contributed by atoms with Crippen molar-refractivity contribution in [1.29, 1.82) is 0 Å². The molecule has 7 heteroatoms. The Morgan fingerprint density at radius 3 is 2.63 bits per heavy atom. The minimum atomic E-state index is -0.222. The molecule has 0 saturated carbocycles. The van der Waals surface area contributed by atoms with E-state index in [1.807, 2.05) is 43.3 Å². The van der Waals surface area contributed by atoms with E-state index in [1.54, 1.807) is 7.11 Å². The molecular weight excluding hydrogens is 383 g/mol. The van der Waals surface area contributed by atoms with E-state index in [0.717, 1.165) is 42.5 Å². The fourth-order valence-electron chi connectivity index (χ4n) is 3.51. The van der Waals surface area contributed by atoms with Crippen molar-refractivity contribution in [2.75, 3.05) is 46.5 Å². The van der Waals surface area contributed by atoms with Gasteiger partial charge in [0.05, 0.1) is 32.9 Å². The smallest absolute Gasteiger partial charge is 0.191 e. The predicted molar refractivity (Wildman–Crippen MR) is 117 cm³/mol. The molecule has 0 spiro atoms. The molecule has 0 radical (unpaired) electrons. The highest BCUT2D eigenvalue weighted by molar-refractivity contribution is 5.79. The fraction of sp³-hybridized carbons (Fsp3) is 0.435. The van der Waals surface area contributed by atoms with Gasteiger partial charge >= 0.3 is 0 Å². The van der Waals surface area contributed by atoms with E-state index in [9.17, 15) is 4.39 Å². The third-order valence-corrected chi connectivity index (χ3v) is 5.10. The Hall–Kier alpha value is -2.64. The summed E-state index contributed by atoms with van der Waals surface area (Å²) in [5.41, 5.74) is 2.16. The number of halogens is 1. The summed E-state index contributed by atoms with van der Waals surface area (Å²) in [7, 11) is 1.66. The highest BCUT2D eigenvalue weighted by Gasteiger charge is 2.23. The molecular formula is C23H31FN4O2. The zero-order chi connectivity index (χ0) is 21.2. The van der Waals surface area contributed by atoms with Crippen molar-refractivity contribution in [3.05, 3.63) is 65.5 Å². The van der Waals surface area contributed by atoms with Crippen LogP contribution in [-0.2, 0) is 11.3 Å². The molecule has 1 unspecified atom stereocenters. The van der Waals surface area contributed by atoms with Gasteiger partial charge in [0.25, 0.3) is 0 Å². The molecule has 2 aromatic carbocycles. The Bertz CT molecular complexity index is 807. The van der Waals surface area contributed by atoms with Crippen molar-refractivity contribution in [3.8, 4) is 5.75 Å². The van der Waals surface area contributed by atoms with Crippen molar-refractivity contribution in [2.45, 2.75) is 19.5 Å². The number of rotatable bonds is 8. The standard InChI is InChI=1S/C23H31FN4O2/c1-3-25-23(26-16-18-5-4-6-21(15-18)29-2)27-17-22(28-11-13-30-14-12-28)19-7-9-20(24)10-8-19/h4-10,15,22H,3,11-14,16-17H2,1-2H3,(H2,25,26,27). The van der Waals surface area contributed by atoms with Crippen LogP contribution in [-0.4, -0.2) is 57.4 Å². The van der Waals surface area contributed by atoms with Crippen molar-refractivity contribution < 1.29 is 13.9 Å². The molecule has 162 valence electrons. The normalized spacial score (nSPS) is 16.2. The van der Waals surface area contributed by atoms with E-state index in [1.165, 1.54) is 12.1 Å². The maximum atomic E-state index is 13.4. The highest BCUT2D eigenvalue weighted by Crippen LogP contribution is 2.21. The molecule has 0 aromatic heterocycles. The number of aliphatic imine (C=N–C) groups is 1. The average molecular weight is 415 g/mol. The fourth-order valence-corrected chi connectivity index (χ4v) is 3.51. The van der Waals surface area contributed by atoms with Crippen LogP contribution in [0.25, 0.3) is 0 Å². The summed E-state index contributed by atoms with van der Waals surface area (Å²) in [6.45, 7) is 7.14. The first kappa shape index (κ1) is 22.1. The van der Waals surface area contributed by atoms with E-state index >= 15 is 0 Å². The van der Waals surface area contributed by atoms with Crippen molar-refractivity contribution in [2.24, 2.45) is 4.99 Å². The van der Waals surface area contributed by atoms with Crippen LogP contribution < -0.4 is 15.4 Å². The largest absolute Gasteiger partial charge is 0.497 e. The number of nitrogens with one attached hydrogen (secondary N) is 2. The molecule has 0 amide bonds. The van der Waals surface area contributed by atoms with Crippen molar-refractivity contribution in [1.82, 2.24) is 15.5 Å². The summed E-state index contributed by atoms with van der Waals surface area (Å²) < 4.78 is 24.2. The lowest BCUT2D eigenvalue weighted by molar-refractivity contribution is 0.0170. The van der Waals surface area contributed by atoms with Gasteiger partial charge < -0.3 is 20.1 Å². The van der Waals surface area contributed by atoms with Crippen LogP contribution in [0, 0.1) is 5.82 Å². The van der Waals surface area contributed by atoms with Gasteiger partial charge in [-0.2, -0.15) is 0 Å². The van der Waals surface area contributed by atoms with Gasteiger partial charge in [-0.1, -0.05) is 24.3 Å². The number of methoxy groups -OCH3 is 1. The number of morpholine rings is 1. The maximum Gasteiger partial charge on any atom is 0.191 e. The first-order valence-corrected chi connectivity index (χ1v) is 10.4. The summed E-state index contributed by atoms with van der Waals surface area (Å²) >= 11 is 0. The third-order valence-electron chi connectivity index (χ3n) is 5.10. The summed E-state index contributed by atoms with van der Waals surface area (Å²) in [5.74, 6) is 1.35. The van der Waals surface area contributed by atoms with Crippen LogP contribution >= 0.6 is 0 Å². The Kier molecular flexibility index (Phi) is 8.47. The Morgan fingerprint density at radius 2 is 1.93 bits per heavy atom. The van der Waals surface area contributed by atoms with E-state index in [2.05, 4.69) is 15.5 Å². The zero-order valence-electron chi connectivity index (χ0n) is 17.7. The average Bonchev–Trinajstić information content (AvgIpc) is 2.79. The lowest BCUT2D eigenvalue weighted by Gasteiger charge is -2.35. The van der Waals surface area contributed by atoms with Crippen LogP contribution in [0.2, 0.25) is 0 Å². The number of ether oxygens (including phenoxy) is 2. The summed E-state index contributed by atoms with van der Waals surface area (Å²) in [6, 6.07) is 14.8. The van der Waals surface area contributed by atoms with Crippen LogP contribution in [0.5, 0.6) is 5.75 Å². The van der Waals surface area contributed by atoms with Crippen molar-refractivity contribution >= 4 is 5.96 Å². The van der Waals surface area contributed by atoms with Gasteiger partial charge in [-0.3, -0.25) is 4.90 Å². The lowest BCUT2D eigenvalue weighted by Crippen LogP contribution is -2.46. The minimum absolute atomic E-state index is 0.107. The van der Waals surface area contributed by atoms with Gasteiger partial charge in [-0.25, -0.2) is 9.38 Å². The number of benzene rings is 2. The Labute approximate surface area is 178 Å². The summed E-state index contributed by atoms with van der Waals surface area (Å²) in [4.78, 5) is 7.09. The van der Waals surface area contributed by atoms with E-state index in [4.69, 9.17) is 14.5 Å². The maximum absolute atomic E-state index is 13.4. The molecule has 0 bridgehead atoms. The zero-order valence-corrected chi connectivity index (χ0v) is 17.7. The molecule has 2 aromatic rings. The Balaban J connectivity index is 1.70. The van der Waals surface area contributed by atoms with Crippen LogP contribution in [0.3, 0.4) is 0 Å². The quantitative estimate of drug-likeness (QED) is 0.514. The second kappa shape index (κ2) is 11.5. The molecule has 30 heavy (non-hydrogen) atoms. The van der Waals surface area contributed by atoms with E-state index < -0.39 is 0 Å². The van der Waals surface area contributed by atoms with Gasteiger partial charge in [-0.05, 0) is 42.3 Å². The molecule has 1 heterocycles. The van der Waals surface area contributed by atoms with Crippen LogP contribution in [0.15, 0.2) is 53.5 Å². The number of nitrogens with zero attached hydrogens (tertiary/aromatic N) is 2. The van der Waals surface area contributed by atoms with E-state index in [0.29, 0.717) is 26.3 Å². The first-order valence-electron chi connectivity index (χ1n) is 10.4. The summed E-state index contributed by atoms with van der Waals surface area (Å²) in [6.07, 6.45) is 0. The van der Waals surface area contributed by atoms with Gasteiger partial charge in [0.1, 0.15) is 11.6 Å². The summed E-state index contributed by atoms with van der Waals surface area (Å²) in [5, 5.41) is 6.77. The van der Waals surface area contributed by atoms with Gasteiger partial charge in [0, 0.05) is 26.2 Å². The predicted octanol–water partition coefficient (Wildman–Crippen LogP) is 2.96. The molecule has 0 aliphatic carbocycles. The molecule has 1 aliphatic heterocycles. The number of hydrogen-bond acceptors (Lipinski definition) is 4. The topological polar surface area (TPSA) is 58.1 Å². The molecule has 6 nitrogen and oxygen atoms in total. The number of hydrogen-bond donors (Lipinski definition) is 2. The third kappa shape index (κ3) is 6.43. The minimum Gasteiger partial charge on any atom is -0.497 e. The van der Waals surface area contributed by atoms with Gasteiger partial charge in [0.2, 0.25) is 0 Å². The second-order valence-corrected chi connectivity index (χ2v) is 7.14. The van der Waals surface area contributed by atoms with E-state index in [-0.39, 0.29) is 11.9 Å². The monoisotopic (exact) mass is 414 g/mol. The molecule has 1 fully saturated rings. The Morgan fingerprint density at radius 1 is 1.17 bits per heavy atom. The number of guanidine groups is 1. The van der Waals surface area contributed by atoms with Gasteiger partial charge in [0.15, 0.2) is 5.96 Å². The second-order valence-electron chi connectivity index (χ2n) is 7.14. The van der Waals surface area contributed by atoms with Crippen LogP contribution in [0.4, 0.5) is 4.39 Å². The van der Waals surface area contributed by atoms with Gasteiger partial charge in [-0.15, -0.1) is 0 Å². The van der Waals surface area contributed by atoms with Crippen LogP contribution in [0.1, 0.15) is 24.1 Å². The first-order chi connectivity index (χ1) is 14.7. The van der Waals surface area contributed by atoms with Crippen molar-refractivity contribution in [3.63, 3.8) is 0 Å². The molecule has 1 saturated heterocycles. The highest BCUT2D eigenvalue weighted by atomic mass is 19.1. The molecule has 1 atom stereocenters. The lowest BCUT2D eigenvalue weighted by atomic mass is 10.0.